The fourth-order valence-electron chi connectivity index (χ4n) is 4.19. The van der Waals surface area contributed by atoms with Gasteiger partial charge in [-0.3, -0.25) is 0 Å². The molecule has 152 valence electrons. The van der Waals surface area contributed by atoms with Gasteiger partial charge in [0.2, 0.25) is 5.95 Å². The van der Waals surface area contributed by atoms with Crippen LogP contribution in [0.4, 0.5) is 17.6 Å². The van der Waals surface area contributed by atoms with Gasteiger partial charge in [0.15, 0.2) is 5.82 Å². The summed E-state index contributed by atoms with van der Waals surface area (Å²) in [5.41, 5.74) is 3.09. The number of ether oxygens (including phenoxy) is 1. The van der Waals surface area contributed by atoms with Crippen molar-refractivity contribution in [3.63, 3.8) is 0 Å². The molecular formula is C20H26N8O. The number of hydrogen-bond donors (Lipinski definition) is 1. The summed E-state index contributed by atoms with van der Waals surface area (Å²) in [6, 6.07) is 4.42. The Bertz CT molecular complexity index is 999. The third kappa shape index (κ3) is 3.46. The Kier molecular flexibility index (Phi) is 4.67. The van der Waals surface area contributed by atoms with E-state index in [1.54, 1.807) is 6.33 Å². The van der Waals surface area contributed by atoms with Crippen LogP contribution in [0.2, 0.25) is 0 Å². The fraction of sp³-hybridized carbons (Fsp3) is 0.500. The van der Waals surface area contributed by atoms with Gasteiger partial charge >= 0.3 is 0 Å². The maximum Gasteiger partial charge on any atom is 0.227 e. The van der Waals surface area contributed by atoms with E-state index in [1.807, 2.05) is 19.2 Å². The van der Waals surface area contributed by atoms with Gasteiger partial charge in [-0.25, -0.2) is 15.0 Å². The van der Waals surface area contributed by atoms with Crippen LogP contribution in [0.15, 0.2) is 24.7 Å². The van der Waals surface area contributed by atoms with Crippen molar-refractivity contribution < 1.29 is 4.74 Å². The first-order chi connectivity index (χ1) is 14.2. The molecule has 0 radical (unpaired) electrons. The lowest BCUT2D eigenvalue weighted by Crippen LogP contribution is -2.38. The minimum absolute atomic E-state index is 0.364. The van der Waals surface area contributed by atoms with E-state index < -0.39 is 0 Å². The van der Waals surface area contributed by atoms with Crippen molar-refractivity contribution >= 4 is 28.6 Å². The van der Waals surface area contributed by atoms with Gasteiger partial charge in [0, 0.05) is 51.2 Å². The van der Waals surface area contributed by atoms with Gasteiger partial charge in [-0.1, -0.05) is 0 Å². The summed E-state index contributed by atoms with van der Waals surface area (Å²) in [7, 11) is 2.12. The van der Waals surface area contributed by atoms with Gasteiger partial charge in [-0.05, 0) is 25.5 Å². The Hall–Kier alpha value is -2.94. The van der Waals surface area contributed by atoms with Crippen molar-refractivity contribution in [1.82, 2.24) is 24.9 Å². The van der Waals surface area contributed by atoms with E-state index in [-0.39, 0.29) is 0 Å². The first-order valence-electron chi connectivity index (χ1n) is 10.1. The number of likely N-dealkylation sites (N-methyl/N-ethyl adjacent to an activating group) is 1. The van der Waals surface area contributed by atoms with Crippen LogP contribution in [0, 0.1) is 6.92 Å². The quantitative estimate of drug-likeness (QED) is 0.714. The maximum absolute atomic E-state index is 5.44. The van der Waals surface area contributed by atoms with Crippen molar-refractivity contribution in [2.45, 2.75) is 19.4 Å². The van der Waals surface area contributed by atoms with Crippen LogP contribution in [-0.2, 0) is 4.74 Å². The molecule has 0 amide bonds. The van der Waals surface area contributed by atoms with Crippen LogP contribution < -0.4 is 14.7 Å². The van der Waals surface area contributed by atoms with E-state index in [4.69, 9.17) is 9.72 Å². The lowest BCUT2D eigenvalue weighted by molar-refractivity contribution is 0.122. The second kappa shape index (κ2) is 7.47. The molecule has 1 unspecified atom stereocenters. The number of morpholine rings is 1. The molecule has 0 bridgehead atoms. The van der Waals surface area contributed by atoms with Crippen LogP contribution >= 0.6 is 0 Å². The predicted octanol–water partition coefficient (Wildman–Crippen LogP) is 1.61. The van der Waals surface area contributed by atoms with Crippen LogP contribution in [0.25, 0.3) is 11.0 Å². The minimum atomic E-state index is 0.364. The Morgan fingerprint density at radius 2 is 2.00 bits per heavy atom. The second-order valence-corrected chi connectivity index (χ2v) is 7.72. The normalized spacial score (nSPS) is 19.9. The zero-order valence-corrected chi connectivity index (χ0v) is 16.9. The molecule has 9 nitrogen and oxygen atoms in total. The molecule has 9 heteroatoms. The molecule has 1 N–H and O–H groups in total. The molecule has 2 saturated heterocycles. The van der Waals surface area contributed by atoms with E-state index in [0.29, 0.717) is 6.04 Å². The predicted molar refractivity (Wildman–Crippen MR) is 113 cm³/mol. The Labute approximate surface area is 169 Å². The number of nitrogens with one attached hydrogen (secondary N) is 1. The summed E-state index contributed by atoms with van der Waals surface area (Å²) >= 11 is 0. The number of nitrogens with zero attached hydrogens (tertiary/aromatic N) is 7. The average Bonchev–Trinajstić information content (AvgIpc) is 3.40. The molecule has 0 aromatic carbocycles. The van der Waals surface area contributed by atoms with Crippen LogP contribution in [0.1, 0.15) is 12.1 Å². The first-order valence-corrected chi connectivity index (χ1v) is 10.1. The lowest BCUT2D eigenvalue weighted by Gasteiger charge is -2.29. The third-order valence-electron chi connectivity index (χ3n) is 5.83. The summed E-state index contributed by atoms with van der Waals surface area (Å²) in [6.07, 6.45) is 4.56. The lowest BCUT2D eigenvalue weighted by atomic mass is 10.2. The molecule has 0 aliphatic carbocycles. The smallest absolute Gasteiger partial charge is 0.227 e. The molecular weight excluding hydrogens is 368 g/mol. The van der Waals surface area contributed by atoms with Crippen LogP contribution in [0.3, 0.4) is 0 Å². The number of aryl methyl sites for hydroxylation is 1. The number of hydrogen-bond acceptors (Lipinski definition) is 8. The zero-order chi connectivity index (χ0) is 19.8. The van der Waals surface area contributed by atoms with E-state index in [1.165, 1.54) is 0 Å². The standard InChI is InChI=1S/C20H26N8O/c1-14-11-16-18(24-14)19(23-13-22-16)28-6-4-15(12-28)26(2)17-3-5-21-20(25-17)27-7-9-29-10-8-27/h3,5,11,13,15,24H,4,6-10,12H2,1-2H3. The summed E-state index contributed by atoms with van der Waals surface area (Å²) in [4.78, 5) is 28.4. The van der Waals surface area contributed by atoms with Crippen molar-refractivity contribution in [3.8, 4) is 0 Å². The number of rotatable bonds is 4. The van der Waals surface area contributed by atoms with E-state index in [0.717, 1.165) is 80.1 Å². The highest BCUT2D eigenvalue weighted by Gasteiger charge is 2.29. The summed E-state index contributed by atoms with van der Waals surface area (Å²) in [5.74, 6) is 2.72. The Morgan fingerprint density at radius 1 is 1.14 bits per heavy atom. The van der Waals surface area contributed by atoms with Gasteiger partial charge in [0.25, 0.3) is 0 Å². The molecule has 1 atom stereocenters. The van der Waals surface area contributed by atoms with Crippen molar-refractivity contribution in [2.75, 3.05) is 61.1 Å². The zero-order valence-electron chi connectivity index (χ0n) is 16.9. The molecule has 3 aromatic heterocycles. The highest BCUT2D eigenvalue weighted by molar-refractivity contribution is 5.86. The monoisotopic (exact) mass is 394 g/mol. The van der Waals surface area contributed by atoms with Gasteiger partial charge in [0.1, 0.15) is 17.7 Å². The summed E-state index contributed by atoms with van der Waals surface area (Å²) < 4.78 is 5.44. The number of anilines is 3. The van der Waals surface area contributed by atoms with Crippen LogP contribution in [-0.4, -0.2) is 77.4 Å². The van der Waals surface area contributed by atoms with E-state index >= 15 is 0 Å². The van der Waals surface area contributed by atoms with Gasteiger partial charge in [-0.15, -0.1) is 0 Å². The molecule has 5 rings (SSSR count). The number of fused-ring (bicyclic) bond motifs is 1. The van der Waals surface area contributed by atoms with Gasteiger partial charge in [0.05, 0.1) is 18.7 Å². The average molecular weight is 394 g/mol. The molecule has 2 aliphatic rings. The molecule has 0 saturated carbocycles. The number of H-pyrrole nitrogens is 1. The van der Waals surface area contributed by atoms with Crippen molar-refractivity contribution in [1.29, 1.82) is 0 Å². The number of aromatic nitrogens is 5. The SMILES string of the molecule is Cc1cc2ncnc(N3CCC(N(C)c4ccnc(N5CCOCC5)n4)C3)c2[nH]1. The molecule has 0 spiro atoms. The highest BCUT2D eigenvalue weighted by Crippen LogP contribution is 2.28. The topological polar surface area (TPSA) is 86.3 Å². The van der Waals surface area contributed by atoms with Crippen molar-refractivity contribution in [2.24, 2.45) is 0 Å². The largest absolute Gasteiger partial charge is 0.378 e. The van der Waals surface area contributed by atoms with Crippen molar-refractivity contribution in [3.05, 3.63) is 30.4 Å². The molecule has 29 heavy (non-hydrogen) atoms. The molecule has 5 heterocycles. The first kappa shape index (κ1) is 18.1. The second-order valence-electron chi connectivity index (χ2n) is 7.72. The molecule has 2 aliphatic heterocycles. The van der Waals surface area contributed by atoms with E-state index in [9.17, 15) is 0 Å². The molecule has 3 aromatic rings. The van der Waals surface area contributed by atoms with Crippen LogP contribution in [0.5, 0.6) is 0 Å². The Balaban J connectivity index is 1.33. The highest BCUT2D eigenvalue weighted by atomic mass is 16.5. The van der Waals surface area contributed by atoms with Gasteiger partial charge < -0.3 is 24.4 Å². The number of aromatic amines is 1. The molecule has 2 fully saturated rings. The van der Waals surface area contributed by atoms with E-state index in [2.05, 4.69) is 47.7 Å². The summed E-state index contributed by atoms with van der Waals surface area (Å²) in [6.45, 7) is 7.04. The minimum Gasteiger partial charge on any atom is -0.378 e. The summed E-state index contributed by atoms with van der Waals surface area (Å²) in [5, 5.41) is 0. The third-order valence-corrected chi connectivity index (χ3v) is 5.83. The van der Waals surface area contributed by atoms with Gasteiger partial charge in [-0.2, -0.15) is 4.98 Å². The Morgan fingerprint density at radius 3 is 2.86 bits per heavy atom. The fourth-order valence-corrected chi connectivity index (χ4v) is 4.19. The maximum atomic E-state index is 5.44.